The van der Waals surface area contributed by atoms with Gasteiger partial charge in [0.1, 0.15) is 0 Å². The normalized spacial score (nSPS) is 15.2. The molecule has 2 heterocycles. The quantitative estimate of drug-likeness (QED) is 0.161. The minimum atomic E-state index is -0.541. The summed E-state index contributed by atoms with van der Waals surface area (Å²) in [5, 5.41) is 3.90. The summed E-state index contributed by atoms with van der Waals surface area (Å²) in [5.41, 5.74) is 24.4. The molecule has 2 aliphatic heterocycles. The maximum atomic E-state index is 6.95. The molecule has 0 fully saturated rings. The standard InChI is InChI=1S/C52H40N4/c53-47(34-48(37-18-6-2-7-19-37)55-35-36-16-4-1-5-17-36)40-21-14-20-38(32-40)39-29-30-42-43-24-15-31-54-51(43)52(46(42)33-39)44-25-10-12-27-49(44)56(41-22-8-3-9-23-41)50-28-13-11-26-45(50)52/h1-30,32-34,54H,31,35,53H2/b47-34-,55-48+. The van der Waals surface area contributed by atoms with Crippen LogP contribution in [0.2, 0.25) is 0 Å². The van der Waals surface area contributed by atoms with Crippen LogP contribution in [0, 0.1) is 0 Å². The second kappa shape index (κ2) is 13.9. The molecule has 1 spiro atoms. The number of dihydropyridines is 1. The van der Waals surface area contributed by atoms with Gasteiger partial charge in [-0.3, -0.25) is 4.99 Å². The zero-order chi connectivity index (χ0) is 37.5. The Morgan fingerprint density at radius 1 is 0.625 bits per heavy atom. The lowest BCUT2D eigenvalue weighted by Gasteiger charge is -2.46. The summed E-state index contributed by atoms with van der Waals surface area (Å²) in [7, 11) is 0. The molecule has 0 bridgehead atoms. The molecule has 268 valence electrons. The van der Waals surface area contributed by atoms with E-state index in [1.54, 1.807) is 0 Å². The van der Waals surface area contributed by atoms with E-state index in [1.165, 1.54) is 44.9 Å². The molecule has 7 aromatic carbocycles. The number of hydrogen-bond acceptors (Lipinski definition) is 4. The number of hydrogen-bond donors (Lipinski definition) is 2. The molecule has 0 aromatic heterocycles. The Labute approximate surface area is 328 Å². The van der Waals surface area contributed by atoms with Gasteiger partial charge in [0.2, 0.25) is 0 Å². The van der Waals surface area contributed by atoms with Gasteiger partial charge in [0.15, 0.2) is 0 Å². The van der Waals surface area contributed by atoms with E-state index in [2.05, 4.69) is 168 Å². The van der Waals surface area contributed by atoms with E-state index in [0.29, 0.717) is 12.2 Å². The van der Waals surface area contributed by atoms with Crippen molar-refractivity contribution in [1.82, 2.24) is 5.32 Å². The van der Waals surface area contributed by atoms with Gasteiger partial charge in [-0.15, -0.1) is 0 Å². The average molecular weight is 721 g/mol. The van der Waals surface area contributed by atoms with Crippen LogP contribution in [-0.4, -0.2) is 12.3 Å². The fraction of sp³-hybridized carbons (Fsp3) is 0.0577. The van der Waals surface area contributed by atoms with Crippen LogP contribution in [0.5, 0.6) is 0 Å². The zero-order valence-electron chi connectivity index (χ0n) is 30.9. The van der Waals surface area contributed by atoms with E-state index >= 15 is 0 Å². The van der Waals surface area contributed by atoms with Crippen LogP contribution in [0.15, 0.2) is 211 Å². The summed E-state index contributed by atoms with van der Waals surface area (Å²) >= 11 is 0. The van der Waals surface area contributed by atoms with E-state index in [9.17, 15) is 0 Å². The number of benzene rings is 7. The number of aliphatic imine (C=N–C) groups is 1. The molecule has 0 amide bonds. The monoisotopic (exact) mass is 720 g/mol. The van der Waals surface area contributed by atoms with Gasteiger partial charge in [0.25, 0.3) is 0 Å². The first-order valence-electron chi connectivity index (χ1n) is 19.3. The third kappa shape index (κ3) is 5.49. The van der Waals surface area contributed by atoms with E-state index < -0.39 is 5.41 Å². The summed E-state index contributed by atoms with van der Waals surface area (Å²) in [6.07, 6.45) is 6.56. The molecule has 7 aromatic rings. The van der Waals surface area contributed by atoms with Crippen molar-refractivity contribution in [3.05, 3.63) is 245 Å². The Morgan fingerprint density at radius 2 is 1.25 bits per heavy atom. The lowest BCUT2D eigenvalue weighted by Crippen LogP contribution is -2.41. The second-order valence-electron chi connectivity index (χ2n) is 14.5. The largest absolute Gasteiger partial charge is 0.398 e. The minimum Gasteiger partial charge on any atom is -0.398 e. The lowest BCUT2D eigenvalue weighted by atomic mass is 9.65. The fourth-order valence-corrected chi connectivity index (χ4v) is 8.84. The van der Waals surface area contributed by atoms with Crippen LogP contribution in [0.3, 0.4) is 0 Å². The number of allylic oxidation sites excluding steroid dienone is 4. The van der Waals surface area contributed by atoms with E-state index in [4.69, 9.17) is 10.7 Å². The molecule has 0 atom stereocenters. The summed E-state index contributed by atoms with van der Waals surface area (Å²) in [6.45, 7) is 1.35. The predicted molar refractivity (Wildman–Crippen MR) is 232 cm³/mol. The molecule has 3 aliphatic rings. The number of nitrogens with zero attached hydrogens (tertiary/aromatic N) is 2. The Hall–Kier alpha value is -7.17. The lowest BCUT2D eigenvalue weighted by molar-refractivity contribution is 0.659. The number of para-hydroxylation sites is 3. The van der Waals surface area contributed by atoms with Gasteiger partial charge >= 0.3 is 0 Å². The molecule has 0 radical (unpaired) electrons. The number of nitrogens with two attached hydrogens (primary N) is 1. The summed E-state index contributed by atoms with van der Waals surface area (Å²) in [4.78, 5) is 7.45. The van der Waals surface area contributed by atoms with Crippen molar-refractivity contribution in [2.75, 3.05) is 11.4 Å². The highest BCUT2D eigenvalue weighted by atomic mass is 15.2. The van der Waals surface area contributed by atoms with Gasteiger partial charge in [-0.25, -0.2) is 0 Å². The maximum absolute atomic E-state index is 6.95. The van der Waals surface area contributed by atoms with E-state index in [1.807, 2.05) is 42.5 Å². The molecule has 0 saturated carbocycles. The van der Waals surface area contributed by atoms with Crippen LogP contribution >= 0.6 is 0 Å². The molecular formula is C52H40N4. The molecular weight excluding hydrogens is 681 g/mol. The number of rotatable bonds is 7. The first-order chi connectivity index (χ1) is 27.7. The summed E-state index contributed by atoms with van der Waals surface area (Å²) in [6, 6.07) is 64.8. The molecule has 0 saturated heterocycles. The van der Waals surface area contributed by atoms with Gasteiger partial charge in [-0.1, -0.05) is 158 Å². The minimum absolute atomic E-state index is 0.541. The molecule has 4 nitrogen and oxygen atoms in total. The predicted octanol–water partition coefficient (Wildman–Crippen LogP) is 11.3. The zero-order valence-corrected chi connectivity index (χ0v) is 30.9. The van der Waals surface area contributed by atoms with Gasteiger partial charge in [0.05, 0.1) is 29.0 Å². The Morgan fingerprint density at radius 3 is 1.98 bits per heavy atom. The highest BCUT2D eigenvalue weighted by molar-refractivity contribution is 6.12. The molecule has 56 heavy (non-hydrogen) atoms. The van der Waals surface area contributed by atoms with Crippen LogP contribution < -0.4 is 16.0 Å². The van der Waals surface area contributed by atoms with Crippen molar-refractivity contribution in [3.8, 4) is 11.1 Å². The third-order valence-electron chi connectivity index (χ3n) is 11.3. The van der Waals surface area contributed by atoms with Gasteiger partial charge in [0, 0.05) is 29.2 Å². The van der Waals surface area contributed by atoms with Crippen molar-refractivity contribution in [3.63, 3.8) is 0 Å². The van der Waals surface area contributed by atoms with Crippen molar-refractivity contribution < 1.29 is 0 Å². The Bertz CT molecular complexity index is 2680. The number of anilines is 3. The highest BCUT2D eigenvalue weighted by Crippen LogP contribution is 2.62. The van der Waals surface area contributed by atoms with Crippen LogP contribution in [0.25, 0.3) is 22.4 Å². The maximum Gasteiger partial charge on any atom is 0.0901 e. The van der Waals surface area contributed by atoms with E-state index in [-0.39, 0.29) is 0 Å². The van der Waals surface area contributed by atoms with E-state index in [0.717, 1.165) is 45.8 Å². The fourth-order valence-electron chi connectivity index (χ4n) is 8.84. The van der Waals surface area contributed by atoms with Crippen molar-refractivity contribution >= 4 is 34.0 Å². The smallest absolute Gasteiger partial charge is 0.0901 e. The van der Waals surface area contributed by atoms with Crippen molar-refractivity contribution in [1.29, 1.82) is 0 Å². The summed E-state index contributed by atoms with van der Waals surface area (Å²) in [5.74, 6) is 0. The topological polar surface area (TPSA) is 53.6 Å². The molecule has 1 aliphatic carbocycles. The van der Waals surface area contributed by atoms with Crippen LogP contribution in [-0.2, 0) is 12.0 Å². The van der Waals surface area contributed by atoms with Gasteiger partial charge < -0.3 is 16.0 Å². The first-order valence-corrected chi connectivity index (χ1v) is 19.3. The van der Waals surface area contributed by atoms with Gasteiger partial charge in [-0.2, -0.15) is 0 Å². The molecule has 0 unspecified atom stereocenters. The van der Waals surface area contributed by atoms with Crippen LogP contribution in [0.1, 0.15) is 38.9 Å². The number of fused-ring (bicyclic) bond motifs is 8. The third-order valence-corrected chi connectivity index (χ3v) is 11.3. The summed E-state index contributed by atoms with van der Waals surface area (Å²) < 4.78 is 0. The van der Waals surface area contributed by atoms with Gasteiger partial charge in [-0.05, 0) is 92.5 Å². The molecule has 3 N–H and O–H groups in total. The first kappa shape index (κ1) is 33.4. The van der Waals surface area contributed by atoms with Crippen molar-refractivity contribution in [2.24, 2.45) is 10.7 Å². The van der Waals surface area contributed by atoms with Crippen LogP contribution in [0.4, 0.5) is 17.1 Å². The van der Waals surface area contributed by atoms with Crippen molar-refractivity contribution in [2.45, 2.75) is 12.0 Å². The number of nitrogens with one attached hydrogen (secondary N) is 1. The Kier molecular flexibility index (Phi) is 8.30. The molecule has 10 rings (SSSR count). The SMILES string of the molecule is N/C(=C\C(=N/Cc1ccccc1)c1ccccc1)c1cccc(-c2ccc3c(c2)C2(C4=C3C=CCN4)c3ccccc3N(c3ccccc3)c3ccccc32)c1. The Balaban J connectivity index is 1.11. The second-order valence-corrected chi connectivity index (χ2v) is 14.5. The molecule has 4 heteroatoms. The highest BCUT2D eigenvalue weighted by Gasteiger charge is 2.53. The average Bonchev–Trinajstić information content (AvgIpc) is 3.56.